The van der Waals surface area contributed by atoms with Crippen molar-refractivity contribution in [2.24, 2.45) is 0 Å². The van der Waals surface area contributed by atoms with Crippen molar-refractivity contribution in [2.75, 3.05) is 5.73 Å². The summed E-state index contributed by atoms with van der Waals surface area (Å²) < 4.78 is 3.95. The molecule has 0 unspecified atom stereocenters. The molecule has 0 aliphatic rings. The number of rotatable bonds is 1. The lowest BCUT2D eigenvalue weighted by atomic mass is 10.2. The Morgan fingerprint density at radius 2 is 1.88 bits per heavy atom. The van der Waals surface area contributed by atoms with Crippen molar-refractivity contribution in [1.29, 1.82) is 0 Å². The van der Waals surface area contributed by atoms with Gasteiger partial charge in [0.25, 0.3) is 0 Å². The highest BCUT2D eigenvalue weighted by molar-refractivity contribution is 7.09. The predicted octanol–water partition coefficient (Wildman–Crippen LogP) is 1.73. The molecule has 2 aromatic heterocycles. The van der Waals surface area contributed by atoms with Crippen LogP contribution >= 0.6 is 11.5 Å². The van der Waals surface area contributed by atoms with Crippen molar-refractivity contribution in [2.45, 2.75) is 0 Å². The van der Waals surface area contributed by atoms with Gasteiger partial charge >= 0.3 is 0 Å². The fraction of sp³-hybridized carbons (Fsp3) is 0. The van der Waals surface area contributed by atoms with Crippen LogP contribution in [-0.4, -0.2) is 19.3 Å². The average Bonchev–Trinajstić information content (AvgIpc) is 2.75. The predicted molar refractivity (Wildman–Crippen MR) is 62.9 cm³/mol. The van der Waals surface area contributed by atoms with Gasteiger partial charge < -0.3 is 5.73 Å². The van der Waals surface area contributed by atoms with Gasteiger partial charge in [-0.2, -0.15) is 9.36 Å². The van der Waals surface area contributed by atoms with Crippen LogP contribution in [0.25, 0.3) is 21.6 Å². The zero-order valence-electron chi connectivity index (χ0n) is 8.16. The Balaban J connectivity index is 2.18. The lowest BCUT2D eigenvalue weighted by Gasteiger charge is -1.98. The lowest BCUT2D eigenvalue weighted by Crippen LogP contribution is -1.86. The van der Waals surface area contributed by atoms with Crippen molar-refractivity contribution in [1.82, 2.24) is 19.3 Å². The van der Waals surface area contributed by atoms with Crippen LogP contribution in [-0.2, 0) is 0 Å². The number of fused-ring (bicyclic) bond motifs is 1. The normalized spacial score (nSPS) is 10.8. The third-order valence-electron chi connectivity index (χ3n) is 2.16. The average molecular weight is 229 g/mol. The summed E-state index contributed by atoms with van der Waals surface area (Å²) in [5.74, 6) is 0.305. The van der Waals surface area contributed by atoms with E-state index in [4.69, 9.17) is 5.73 Å². The van der Waals surface area contributed by atoms with E-state index in [0.29, 0.717) is 5.95 Å². The van der Waals surface area contributed by atoms with Crippen molar-refractivity contribution in [3.8, 4) is 10.6 Å². The fourth-order valence-electron chi connectivity index (χ4n) is 1.45. The molecule has 0 amide bonds. The van der Waals surface area contributed by atoms with E-state index in [2.05, 4.69) is 19.3 Å². The van der Waals surface area contributed by atoms with Gasteiger partial charge in [0.2, 0.25) is 5.95 Å². The first-order valence-corrected chi connectivity index (χ1v) is 5.40. The molecule has 78 valence electrons. The number of anilines is 1. The Labute approximate surface area is 95.2 Å². The van der Waals surface area contributed by atoms with Gasteiger partial charge in [0.05, 0.1) is 11.0 Å². The Morgan fingerprint density at radius 1 is 1.06 bits per heavy atom. The van der Waals surface area contributed by atoms with Crippen molar-refractivity contribution < 1.29 is 0 Å². The van der Waals surface area contributed by atoms with Crippen molar-refractivity contribution >= 4 is 28.5 Å². The van der Waals surface area contributed by atoms with Gasteiger partial charge in [-0.05, 0) is 29.7 Å². The molecule has 2 heterocycles. The fourth-order valence-corrected chi connectivity index (χ4v) is 2.04. The van der Waals surface area contributed by atoms with E-state index >= 15 is 0 Å². The number of nitrogens with two attached hydrogens (primary N) is 1. The molecule has 0 aliphatic heterocycles. The number of hydrogen-bond acceptors (Lipinski definition) is 6. The second-order valence-electron chi connectivity index (χ2n) is 3.22. The van der Waals surface area contributed by atoms with Gasteiger partial charge in [-0.25, -0.2) is 0 Å². The zero-order valence-corrected chi connectivity index (χ0v) is 8.98. The molecule has 6 heteroatoms. The summed E-state index contributed by atoms with van der Waals surface area (Å²) in [6, 6.07) is 5.79. The number of benzene rings is 1. The maximum atomic E-state index is 5.49. The summed E-state index contributed by atoms with van der Waals surface area (Å²) in [5.41, 5.74) is 8.16. The number of aromatic nitrogens is 4. The van der Waals surface area contributed by atoms with Crippen molar-refractivity contribution in [3.63, 3.8) is 0 Å². The number of nitrogen functional groups attached to an aromatic ring is 1. The minimum absolute atomic E-state index is 0.305. The van der Waals surface area contributed by atoms with Crippen LogP contribution in [0.2, 0.25) is 0 Å². The molecule has 0 atom stereocenters. The summed E-state index contributed by atoms with van der Waals surface area (Å²) in [7, 11) is 0. The van der Waals surface area contributed by atoms with Gasteiger partial charge in [-0.3, -0.25) is 9.97 Å². The molecule has 3 aromatic rings. The van der Waals surface area contributed by atoms with Crippen LogP contribution < -0.4 is 5.73 Å². The molecule has 5 nitrogen and oxygen atoms in total. The molecule has 0 fully saturated rings. The highest BCUT2D eigenvalue weighted by Crippen LogP contribution is 2.24. The summed E-state index contributed by atoms with van der Waals surface area (Å²) in [6.07, 6.45) is 3.34. The summed E-state index contributed by atoms with van der Waals surface area (Å²) in [5, 5.41) is 0.796. The first-order valence-electron chi connectivity index (χ1n) is 4.63. The molecule has 0 saturated carbocycles. The Hall–Kier alpha value is -2.08. The van der Waals surface area contributed by atoms with Crippen LogP contribution in [0.4, 0.5) is 5.95 Å². The first-order chi connectivity index (χ1) is 7.83. The highest BCUT2D eigenvalue weighted by Gasteiger charge is 2.05. The number of nitrogens with zero attached hydrogens (tertiary/aromatic N) is 4. The monoisotopic (exact) mass is 229 g/mol. The highest BCUT2D eigenvalue weighted by atomic mass is 32.1. The quantitative estimate of drug-likeness (QED) is 0.687. The molecule has 0 radical (unpaired) electrons. The van der Waals surface area contributed by atoms with Crippen LogP contribution in [0.15, 0.2) is 30.6 Å². The summed E-state index contributed by atoms with van der Waals surface area (Å²) >= 11 is 1.28. The van der Waals surface area contributed by atoms with E-state index in [1.54, 1.807) is 12.4 Å². The second kappa shape index (κ2) is 3.49. The van der Waals surface area contributed by atoms with E-state index in [1.807, 2.05) is 18.2 Å². The molecule has 2 N–H and O–H groups in total. The Kier molecular flexibility index (Phi) is 2.00. The van der Waals surface area contributed by atoms with Crippen LogP contribution in [0.5, 0.6) is 0 Å². The third-order valence-corrected chi connectivity index (χ3v) is 2.94. The third kappa shape index (κ3) is 1.49. The van der Waals surface area contributed by atoms with E-state index in [-0.39, 0.29) is 0 Å². The van der Waals surface area contributed by atoms with Gasteiger partial charge in [0, 0.05) is 18.0 Å². The Morgan fingerprint density at radius 3 is 2.62 bits per heavy atom. The molecule has 0 aliphatic carbocycles. The van der Waals surface area contributed by atoms with E-state index in [0.717, 1.165) is 21.6 Å². The Bertz CT molecular complexity index is 648. The first kappa shape index (κ1) is 9.17. The SMILES string of the molecule is Nc1nsc(-c2ccc3nccnc3c2)n1. The van der Waals surface area contributed by atoms with E-state index < -0.39 is 0 Å². The number of hydrogen-bond donors (Lipinski definition) is 1. The van der Waals surface area contributed by atoms with Gasteiger partial charge in [0.1, 0.15) is 5.01 Å². The lowest BCUT2D eigenvalue weighted by molar-refractivity contribution is 1.29. The maximum Gasteiger partial charge on any atom is 0.232 e. The van der Waals surface area contributed by atoms with Gasteiger partial charge in [-0.15, -0.1) is 0 Å². The largest absolute Gasteiger partial charge is 0.367 e. The molecule has 0 spiro atoms. The molecule has 0 bridgehead atoms. The van der Waals surface area contributed by atoms with Crippen LogP contribution in [0.1, 0.15) is 0 Å². The molecule has 1 aromatic carbocycles. The summed E-state index contributed by atoms with van der Waals surface area (Å²) in [6.45, 7) is 0. The smallest absolute Gasteiger partial charge is 0.232 e. The molecular formula is C10H7N5S. The van der Waals surface area contributed by atoms with Gasteiger partial charge in [0.15, 0.2) is 0 Å². The molecule has 16 heavy (non-hydrogen) atoms. The standard InChI is InChI=1S/C10H7N5S/c11-10-14-9(16-15-10)6-1-2-7-8(5-6)13-4-3-12-7/h1-5H,(H2,11,15). The van der Waals surface area contributed by atoms with E-state index in [1.165, 1.54) is 11.5 Å². The van der Waals surface area contributed by atoms with Crippen LogP contribution in [0.3, 0.4) is 0 Å². The second-order valence-corrected chi connectivity index (χ2v) is 3.97. The summed E-state index contributed by atoms with van der Waals surface area (Å²) in [4.78, 5) is 12.6. The van der Waals surface area contributed by atoms with E-state index in [9.17, 15) is 0 Å². The molecular weight excluding hydrogens is 222 g/mol. The zero-order chi connectivity index (χ0) is 11.0. The minimum atomic E-state index is 0.305. The van der Waals surface area contributed by atoms with Gasteiger partial charge in [-0.1, -0.05) is 0 Å². The minimum Gasteiger partial charge on any atom is -0.367 e. The molecule has 3 rings (SSSR count). The van der Waals surface area contributed by atoms with Crippen molar-refractivity contribution in [3.05, 3.63) is 30.6 Å². The molecule has 0 saturated heterocycles. The van der Waals surface area contributed by atoms with Crippen LogP contribution in [0, 0.1) is 0 Å². The maximum absolute atomic E-state index is 5.49. The topological polar surface area (TPSA) is 77.6 Å².